The quantitative estimate of drug-likeness (QED) is 0.671. The summed E-state index contributed by atoms with van der Waals surface area (Å²) in [6, 6.07) is 2.82. The van der Waals surface area contributed by atoms with Crippen LogP contribution in [0.1, 0.15) is 37.1 Å². The number of pyridine rings is 1. The Labute approximate surface area is 159 Å². The highest BCUT2D eigenvalue weighted by molar-refractivity contribution is 5.22. The summed E-state index contributed by atoms with van der Waals surface area (Å²) in [5.41, 5.74) is -3.15. The summed E-state index contributed by atoms with van der Waals surface area (Å²) < 4.78 is 118. The molecule has 0 saturated heterocycles. The summed E-state index contributed by atoms with van der Waals surface area (Å²) in [4.78, 5) is 3.47. The molecule has 4 nitrogen and oxygen atoms in total. The first-order valence-electron chi connectivity index (χ1n) is 8.41. The van der Waals surface area contributed by atoms with Crippen molar-refractivity contribution in [2.24, 2.45) is 0 Å². The molecule has 1 saturated carbocycles. The third-order valence-corrected chi connectivity index (χ3v) is 4.63. The van der Waals surface area contributed by atoms with Gasteiger partial charge in [-0.15, -0.1) is 13.2 Å². The molecule has 0 amide bonds. The Morgan fingerprint density at radius 3 is 2.14 bits per heavy atom. The second-order valence-corrected chi connectivity index (χ2v) is 6.69. The van der Waals surface area contributed by atoms with Crippen molar-refractivity contribution in [1.82, 2.24) is 10.3 Å². The molecule has 29 heavy (non-hydrogen) atoms. The van der Waals surface area contributed by atoms with Crippen LogP contribution in [0.15, 0.2) is 18.2 Å². The van der Waals surface area contributed by atoms with E-state index in [9.17, 15) is 44.6 Å². The monoisotopic (exact) mass is 440 g/mol. The molecule has 1 aliphatic rings. The van der Waals surface area contributed by atoms with E-state index in [1.165, 1.54) is 0 Å². The van der Waals surface area contributed by atoms with Crippen LogP contribution in [0.2, 0.25) is 0 Å². The van der Waals surface area contributed by atoms with E-state index in [1.807, 2.05) is 0 Å². The summed E-state index contributed by atoms with van der Waals surface area (Å²) in [5.74, 6) is 0. The maximum atomic E-state index is 13.0. The third kappa shape index (κ3) is 6.44. The molecule has 0 bridgehead atoms. The van der Waals surface area contributed by atoms with Gasteiger partial charge in [0.1, 0.15) is 5.69 Å². The van der Waals surface area contributed by atoms with E-state index in [0.29, 0.717) is 6.07 Å². The average Bonchev–Trinajstić information content (AvgIpc) is 2.58. The zero-order chi connectivity index (χ0) is 22.1. The van der Waals surface area contributed by atoms with E-state index >= 15 is 0 Å². The van der Waals surface area contributed by atoms with Crippen LogP contribution in [0, 0.1) is 0 Å². The van der Waals surface area contributed by atoms with Crippen LogP contribution < -0.4 is 5.32 Å². The molecule has 13 heteroatoms. The van der Waals surface area contributed by atoms with Crippen molar-refractivity contribution >= 4 is 0 Å². The molecule has 1 fully saturated rings. The van der Waals surface area contributed by atoms with Crippen LogP contribution in [-0.2, 0) is 16.5 Å². The largest absolute Gasteiger partial charge is 0.522 e. The summed E-state index contributed by atoms with van der Waals surface area (Å²) in [6.07, 6.45) is -19.9. The number of hydrogen-bond donors (Lipinski definition) is 2. The lowest BCUT2D eigenvalue weighted by Gasteiger charge is -2.41. The molecule has 2 rings (SSSR count). The molecule has 0 spiro atoms. The van der Waals surface area contributed by atoms with Crippen molar-refractivity contribution in [2.75, 3.05) is 6.54 Å². The second kappa shape index (κ2) is 8.26. The van der Waals surface area contributed by atoms with Crippen molar-refractivity contribution in [1.29, 1.82) is 0 Å². The minimum Gasteiger partial charge on any atom is -0.382 e. The first-order chi connectivity index (χ1) is 13.1. The first kappa shape index (κ1) is 23.7. The maximum absolute atomic E-state index is 13.0. The van der Waals surface area contributed by atoms with E-state index in [2.05, 4.69) is 15.0 Å². The Bertz CT molecular complexity index is 680. The number of nitrogens with one attached hydrogen (secondary N) is 1. The molecule has 1 aliphatic carbocycles. The lowest BCUT2D eigenvalue weighted by atomic mass is 9.77. The molecule has 1 heterocycles. The Morgan fingerprint density at radius 1 is 1.07 bits per heavy atom. The van der Waals surface area contributed by atoms with Crippen LogP contribution in [0.4, 0.5) is 39.5 Å². The molecule has 1 aromatic rings. The van der Waals surface area contributed by atoms with E-state index in [1.54, 1.807) is 0 Å². The topological polar surface area (TPSA) is 54.4 Å². The third-order valence-electron chi connectivity index (χ3n) is 4.63. The minimum atomic E-state index is -4.98. The highest BCUT2D eigenvalue weighted by Gasteiger charge is 2.45. The lowest BCUT2D eigenvalue weighted by Crippen LogP contribution is -2.52. The fourth-order valence-corrected chi connectivity index (χ4v) is 3.18. The van der Waals surface area contributed by atoms with E-state index < -0.39 is 48.7 Å². The fraction of sp³-hybridized carbons (Fsp3) is 0.688. The zero-order valence-corrected chi connectivity index (χ0v) is 14.6. The normalized spacial score (nSPS) is 25.1. The molecule has 1 atom stereocenters. The van der Waals surface area contributed by atoms with Gasteiger partial charge in [-0.3, -0.25) is 4.74 Å². The molecular formula is C16H17F9N2O2. The number of hydrogen-bond acceptors (Lipinski definition) is 4. The van der Waals surface area contributed by atoms with Gasteiger partial charge in [-0.2, -0.15) is 26.3 Å². The predicted molar refractivity (Wildman–Crippen MR) is 80.4 cm³/mol. The van der Waals surface area contributed by atoms with Gasteiger partial charge in [-0.05, 0) is 37.8 Å². The number of alkyl halides is 9. The van der Waals surface area contributed by atoms with Gasteiger partial charge < -0.3 is 10.4 Å². The number of halogens is 9. The maximum Gasteiger partial charge on any atom is 0.522 e. The van der Waals surface area contributed by atoms with Gasteiger partial charge in [-0.1, -0.05) is 6.07 Å². The van der Waals surface area contributed by atoms with Gasteiger partial charge in [-0.25, -0.2) is 4.98 Å². The summed E-state index contributed by atoms with van der Waals surface area (Å²) >= 11 is 0. The van der Waals surface area contributed by atoms with Gasteiger partial charge >= 0.3 is 18.7 Å². The Hall–Kier alpha value is -1.60. The molecule has 0 radical (unpaired) electrons. The molecule has 166 valence electrons. The van der Waals surface area contributed by atoms with Crippen LogP contribution >= 0.6 is 0 Å². The number of rotatable bonds is 5. The van der Waals surface area contributed by atoms with Crippen LogP contribution in [0.3, 0.4) is 0 Å². The summed E-state index contributed by atoms with van der Waals surface area (Å²) in [7, 11) is 0. The van der Waals surface area contributed by atoms with Crippen LogP contribution in [0.25, 0.3) is 0 Å². The van der Waals surface area contributed by atoms with Crippen molar-refractivity contribution in [3.05, 3.63) is 29.6 Å². The number of aromatic nitrogens is 1. The molecular weight excluding hydrogens is 423 g/mol. The fourth-order valence-electron chi connectivity index (χ4n) is 3.18. The van der Waals surface area contributed by atoms with Gasteiger partial charge in [0.05, 0.1) is 17.3 Å². The molecule has 1 aromatic heterocycles. The zero-order valence-electron chi connectivity index (χ0n) is 14.6. The lowest BCUT2D eigenvalue weighted by molar-refractivity contribution is -0.346. The Balaban J connectivity index is 2.28. The van der Waals surface area contributed by atoms with Crippen molar-refractivity contribution in [3.8, 4) is 0 Å². The highest BCUT2D eigenvalue weighted by Crippen LogP contribution is 2.40. The summed E-state index contributed by atoms with van der Waals surface area (Å²) in [5, 5.41) is 11.6. The predicted octanol–water partition coefficient (Wildman–Crippen LogP) is 4.29. The van der Waals surface area contributed by atoms with Crippen molar-refractivity contribution in [2.45, 2.75) is 62.1 Å². The molecule has 0 aliphatic heterocycles. The smallest absolute Gasteiger partial charge is 0.382 e. The van der Waals surface area contributed by atoms with E-state index in [4.69, 9.17) is 0 Å². The van der Waals surface area contributed by atoms with Gasteiger partial charge in [0.25, 0.3) is 0 Å². The minimum absolute atomic E-state index is 0.271. The van der Waals surface area contributed by atoms with Gasteiger partial charge in [0.2, 0.25) is 0 Å². The molecule has 1 unspecified atom stereocenters. The van der Waals surface area contributed by atoms with Crippen LogP contribution in [-0.4, -0.2) is 41.4 Å². The highest BCUT2D eigenvalue weighted by atomic mass is 19.4. The number of ether oxygens (including phenoxy) is 1. The molecule has 0 aromatic carbocycles. The number of aliphatic hydroxyl groups is 1. The average molecular weight is 440 g/mol. The standard InChI is InChI=1S/C16H17F9N2O2/c17-14(18,19)11-3-1-2-10(27-11)13(26-8-12(28)15(20,21)22)6-4-9(5-7-13)29-16(23,24)25/h1-3,9,12,26,28H,4-8H2. The first-order valence-corrected chi connectivity index (χ1v) is 8.41. The Kier molecular flexibility index (Phi) is 6.75. The van der Waals surface area contributed by atoms with E-state index in [0.717, 1.165) is 12.1 Å². The Morgan fingerprint density at radius 2 is 1.66 bits per heavy atom. The van der Waals surface area contributed by atoms with Crippen molar-refractivity contribution in [3.63, 3.8) is 0 Å². The number of nitrogens with zero attached hydrogens (tertiary/aromatic N) is 1. The van der Waals surface area contributed by atoms with Gasteiger partial charge in [0.15, 0.2) is 6.10 Å². The molecule has 2 N–H and O–H groups in total. The second-order valence-electron chi connectivity index (χ2n) is 6.69. The van der Waals surface area contributed by atoms with Gasteiger partial charge in [0, 0.05) is 6.54 Å². The number of aliphatic hydroxyl groups excluding tert-OH is 1. The summed E-state index contributed by atoms with van der Waals surface area (Å²) in [6.45, 7) is -1.06. The van der Waals surface area contributed by atoms with Crippen LogP contribution in [0.5, 0.6) is 0 Å². The van der Waals surface area contributed by atoms with E-state index in [-0.39, 0.29) is 31.4 Å². The SMILES string of the molecule is OC(CNC1(c2cccc(C(F)(F)F)n2)CCC(OC(F)(F)F)CC1)C(F)(F)F. The van der Waals surface area contributed by atoms with Crippen molar-refractivity contribution < 1.29 is 49.4 Å².